The zero-order valence-corrected chi connectivity index (χ0v) is 14.5. The van der Waals surface area contributed by atoms with Gasteiger partial charge in [-0.2, -0.15) is 0 Å². The maximum atomic E-state index is 12.5. The molecule has 23 heavy (non-hydrogen) atoms. The van der Waals surface area contributed by atoms with E-state index in [0.717, 1.165) is 56.4 Å². The van der Waals surface area contributed by atoms with E-state index in [-0.39, 0.29) is 11.9 Å². The van der Waals surface area contributed by atoms with Gasteiger partial charge in [0.1, 0.15) is 0 Å². The lowest BCUT2D eigenvalue weighted by Gasteiger charge is -2.41. The minimum Gasteiger partial charge on any atom is -0.381 e. The summed E-state index contributed by atoms with van der Waals surface area (Å²) in [7, 11) is 0. The highest BCUT2D eigenvalue weighted by atomic mass is 35.5. The molecule has 2 aliphatic heterocycles. The third kappa shape index (κ3) is 4.18. The maximum absolute atomic E-state index is 12.5. The monoisotopic (exact) mass is 336 g/mol. The minimum absolute atomic E-state index is 0.232. The van der Waals surface area contributed by atoms with Crippen LogP contribution in [0.5, 0.6) is 0 Å². The number of nitrogens with zero attached hydrogens (tertiary/aromatic N) is 2. The van der Waals surface area contributed by atoms with E-state index in [1.165, 1.54) is 0 Å². The van der Waals surface area contributed by atoms with Crippen LogP contribution in [0.1, 0.15) is 26.2 Å². The number of carbonyl (C=O) groups excluding carboxylic acids is 1. The molecule has 1 aromatic rings. The molecule has 0 unspecified atom stereocenters. The largest absolute Gasteiger partial charge is 0.381 e. The Bertz CT molecular complexity index is 546. The molecule has 2 heterocycles. The summed E-state index contributed by atoms with van der Waals surface area (Å²) in [6.45, 7) is 6.32. The Balaban J connectivity index is 1.52. The second-order valence-electron chi connectivity index (χ2n) is 6.63. The number of benzene rings is 1. The van der Waals surface area contributed by atoms with Crippen LogP contribution < -0.4 is 4.90 Å². The van der Waals surface area contributed by atoms with E-state index in [4.69, 9.17) is 16.3 Å². The molecular weight excluding hydrogens is 312 g/mol. The predicted octanol–water partition coefficient (Wildman–Crippen LogP) is 3.19. The highest BCUT2D eigenvalue weighted by Crippen LogP contribution is 2.24. The van der Waals surface area contributed by atoms with Crippen LogP contribution in [0.15, 0.2) is 24.3 Å². The molecule has 1 aromatic carbocycles. The Labute approximate surface area is 143 Å². The molecule has 0 spiro atoms. The van der Waals surface area contributed by atoms with Crippen LogP contribution >= 0.6 is 11.6 Å². The van der Waals surface area contributed by atoms with Crippen LogP contribution in [-0.4, -0.2) is 49.7 Å². The van der Waals surface area contributed by atoms with Gasteiger partial charge >= 0.3 is 0 Å². The van der Waals surface area contributed by atoms with Crippen LogP contribution in [0, 0.1) is 5.92 Å². The number of ether oxygens (including phenoxy) is 1. The van der Waals surface area contributed by atoms with E-state index >= 15 is 0 Å². The summed E-state index contributed by atoms with van der Waals surface area (Å²) in [6, 6.07) is 8.17. The molecule has 2 atom stereocenters. The van der Waals surface area contributed by atoms with E-state index in [9.17, 15) is 4.79 Å². The predicted molar refractivity (Wildman–Crippen MR) is 93.0 cm³/mol. The Kier molecular flexibility index (Phi) is 5.44. The molecule has 0 N–H and O–H groups in total. The molecule has 2 aliphatic rings. The van der Waals surface area contributed by atoms with Crippen molar-refractivity contribution < 1.29 is 9.53 Å². The number of hydrogen-bond donors (Lipinski definition) is 0. The van der Waals surface area contributed by atoms with Crippen molar-refractivity contribution in [2.24, 2.45) is 5.92 Å². The molecule has 0 aromatic heterocycles. The van der Waals surface area contributed by atoms with Gasteiger partial charge in [0, 0.05) is 56.0 Å². The molecule has 126 valence electrons. The first-order valence-corrected chi connectivity index (χ1v) is 8.89. The molecule has 0 radical (unpaired) electrons. The lowest BCUT2D eigenvalue weighted by Crippen LogP contribution is -2.54. The van der Waals surface area contributed by atoms with Gasteiger partial charge in [0.25, 0.3) is 0 Å². The molecular formula is C18H25ClN2O2. The zero-order chi connectivity index (χ0) is 16.2. The van der Waals surface area contributed by atoms with E-state index in [1.54, 1.807) is 0 Å². The van der Waals surface area contributed by atoms with Gasteiger partial charge in [-0.3, -0.25) is 4.79 Å². The molecule has 4 nitrogen and oxygen atoms in total. The fourth-order valence-electron chi connectivity index (χ4n) is 3.52. The van der Waals surface area contributed by atoms with Crippen LogP contribution in [0.25, 0.3) is 0 Å². The van der Waals surface area contributed by atoms with Crippen molar-refractivity contribution in [3.8, 4) is 0 Å². The number of halogens is 1. The Morgan fingerprint density at radius 2 is 2.26 bits per heavy atom. The lowest BCUT2D eigenvalue weighted by atomic mass is 10.0. The van der Waals surface area contributed by atoms with Crippen molar-refractivity contribution in [3.63, 3.8) is 0 Å². The molecule has 2 saturated heterocycles. The van der Waals surface area contributed by atoms with E-state index in [0.29, 0.717) is 12.3 Å². The topological polar surface area (TPSA) is 32.8 Å². The van der Waals surface area contributed by atoms with E-state index < -0.39 is 0 Å². The van der Waals surface area contributed by atoms with Crippen LogP contribution in [-0.2, 0) is 9.53 Å². The van der Waals surface area contributed by atoms with Gasteiger partial charge in [0.05, 0.1) is 0 Å². The van der Waals surface area contributed by atoms with Crippen molar-refractivity contribution >= 4 is 23.2 Å². The summed E-state index contributed by atoms with van der Waals surface area (Å²) >= 11 is 6.08. The van der Waals surface area contributed by atoms with Crippen molar-refractivity contribution in [1.29, 1.82) is 0 Å². The third-order valence-electron chi connectivity index (χ3n) is 4.91. The number of hydrogen-bond acceptors (Lipinski definition) is 3. The summed E-state index contributed by atoms with van der Waals surface area (Å²) in [5, 5.41) is 0.757. The molecule has 2 fully saturated rings. The van der Waals surface area contributed by atoms with Gasteiger partial charge in [-0.05, 0) is 43.9 Å². The molecule has 3 rings (SSSR count). The fraction of sp³-hybridized carbons (Fsp3) is 0.611. The van der Waals surface area contributed by atoms with Crippen molar-refractivity contribution in [2.45, 2.75) is 32.2 Å². The second-order valence-corrected chi connectivity index (χ2v) is 7.07. The van der Waals surface area contributed by atoms with Gasteiger partial charge < -0.3 is 14.5 Å². The van der Waals surface area contributed by atoms with E-state index in [2.05, 4.69) is 17.9 Å². The van der Waals surface area contributed by atoms with Crippen molar-refractivity contribution in [3.05, 3.63) is 29.3 Å². The number of amides is 1. The molecule has 5 heteroatoms. The highest BCUT2D eigenvalue weighted by Gasteiger charge is 2.28. The van der Waals surface area contributed by atoms with Gasteiger partial charge in [-0.1, -0.05) is 17.7 Å². The number of piperazine rings is 1. The smallest absolute Gasteiger partial charge is 0.222 e. The molecule has 0 aliphatic carbocycles. The summed E-state index contributed by atoms with van der Waals surface area (Å²) < 4.78 is 5.39. The normalized spacial score (nSPS) is 25.0. The van der Waals surface area contributed by atoms with Crippen LogP contribution in [0.4, 0.5) is 5.69 Å². The Morgan fingerprint density at radius 3 is 2.96 bits per heavy atom. The van der Waals surface area contributed by atoms with Gasteiger partial charge in [-0.15, -0.1) is 0 Å². The van der Waals surface area contributed by atoms with Gasteiger partial charge in [-0.25, -0.2) is 0 Å². The molecule has 0 saturated carbocycles. The summed E-state index contributed by atoms with van der Waals surface area (Å²) in [5.41, 5.74) is 1.14. The van der Waals surface area contributed by atoms with Gasteiger partial charge in [0.2, 0.25) is 5.91 Å². The fourth-order valence-corrected chi connectivity index (χ4v) is 3.70. The maximum Gasteiger partial charge on any atom is 0.222 e. The van der Waals surface area contributed by atoms with Crippen molar-refractivity contribution in [1.82, 2.24) is 4.90 Å². The standard InChI is InChI=1S/C18H25ClN2O2/c1-14-12-20(17-4-2-3-16(19)11-17)8-9-21(14)18(22)6-5-15-7-10-23-13-15/h2-4,11,14-15H,5-10,12-13H2,1H3/t14-,15+/m1/s1. The average Bonchev–Trinajstić information content (AvgIpc) is 3.06. The second kappa shape index (κ2) is 7.54. The average molecular weight is 337 g/mol. The van der Waals surface area contributed by atoms with Crippen LogP contribution in [0.3, 0.4) is 0 Å². The number of rotatable bonds is 4. The number of anilines is 1. The first-order chi connectivity index (χ1) is 11.1. The summed E-state index contributed by atoms with van der Waals surface area (Å²) in [4.78, 5) is 16.9. The first-order valence-electron chi connectivity index (χ1n) is 8.51. The Morgan fingerprint density at radius 1 is 1.39 bits per heavy atom. The molecule has 0 bridgehead atoms. The number of carbonyl (C=O) groups is 1. The summed E-state index contributed by atoms with van der Waals surface area (Å²) in [5.74, 6) is 0.858. The SMILES string of the molecule is C[C@@H]1CN(c2cccc(Cl)c2)CCN1C(=O)CC[C@H]1CCOC1. The molecule has 1 amide bonds. The first kappa shape index (κ1) is 16.6. The Hall–Kier alpha value is -1.26. The highest BCUT2D eigenvalue weighted by molar-refractivity contribution is 6.30. The lowest BCUT2D eigenvalue weighted by molar-refractivity contribution is -0.133. The van der Waals surface area contributed by atoms with Gasteiger partial charge in [0.15, 0.2) is 0 Å². The quantitative estimate of drug-likeness (QED) is 0.846. The summed E-state index contributed by atoms with van der Waals surface area (Å²) in [6.07, 6.45) is 2.71. The third-order valence-corrected chi connectivity index (χ3v) is 5.15. The minimum atomic E-state index is 0.232. The van der Waals surface area contributed by atoms with Crippen LogP contribution in [0.2, 0.25) is 5.02 Å². The zero-order valence-electron chi connectivity index (χ0n) is 13.7. The van der Waals surface area contributed by atoms with Crippen molar-refractivity contribution in [2.75, 3.05) is 37.7 Å². The van der Waals surface area contributed by atoms with E-state index in [1.807, 2.05) is 23.1 Å².